The summed E-state index contributed by atoms with van der Waals surface area (Å²) in [5.41, 5.74) is 1.18. The molecule has 2 aromatic carbocycles. The number of nitrogens with zero attached hydrogens (tertiary/aromatic N) is 1. The summed E-state index contributed by atoms with van der Waals surface area (Å²) in [6.45, 7) is 7.64. The zero-order chi connectivity index (χ0) is 21.4. The minimum absolute atomic E-state index is 0.0144. The number of amides is 4. The first-order valence-electron chi connectivity index (χ1n) is 9.31. The molecule has 3 rings (SSSR count). The standard InChI is InChI=1S/C22H24BrN3O3/c1-21(2,3)14-5-7-15(8-6-14)22(4)19(28)26(20(29)25-22)13-18(27)24-17-11-9-16(23)10-12-17/h5-12H,13H2,1-4H3,(H,24,27)(H,25,29). The molecule has 7 heteroatoms. The van der Waals surface area contributed by atoms with Crippen molar-refractivity contribution in [3.8, 4) is 0 Å². The van der Waals surface area contributed by atoms with Gasteiger partial charge in [-0.3, -0.25) is 14.5 Å². The van der Waals surface area contributed by atoms with E-state index in [0.29, 0.717) is 11.3 Å². The smallest absolute Gasteiger partial charge is 0.325 e. The van der Waals surface area contributed by atoms with Crippen LogP contribution in [0.2, 0.25) is 0 Å². The maximum Gasteiger partial charge on any atom is 0.325 e. The van der Waals surface area contributed by atoms with Crippen LogP contribution >= 0.6 is 15.9 Å². The number of carbonyl (C=O) groups excluding carboxylic acids is 3. The van der Waals surface area contributed by atoms with Crippen molar-refractivity contribution in [2.75, 3.05) is 11.9 Å². The summed E-state index contributed by atoms with van der Waals surface area (Å²) in [7, 11) is 0. The lowest BCUT2D eigenvalue weighted by molar-refractivity contribution is -0.133. The molecule has 2 aromatic rings. The van der Waals surface area contributed by atoms with Crippen molar-refractivity contribution in [1.82, 2.24) is 10.2 Å². The SMILES string of the molecule is CC(C)(C)c1ccc(C2(C)NC(=O)N(CC(=O)Nc3ccc(Br)cc3)C2=O)cc1. The van der Waals surface area contributed by atoms with Gasteiger partial charge in [0.15, 0.2) is 0 Å². The van der Waals surface area contributed by atoms with E-state index in [-0.39, 0.29) is 12.0 Å². The van der Waals surface area contributed by atoms with E-state index >= 15 is 0 Å². The van der Waals surface area contributed by atoms with E-state index < -0.39 is 23.4 Å². The molecule has 152 valence electrons. The van der Waals surface area contributed by atoms with Gasteiger partial charge in [-0.25, -0.2) is 4.79 Å². The first kappa shape index (κ1) is 21.0. The number of rotatable bonds is 4. The van der Waals surface area contributed by atoms with Gasteiger partial charge in [-0.2, -0.15) is 0 Å². The lowest BCUT2D eigenvalue weighted by Gasteiger charge is -2.24. The van der Waals surface area contributed by atoms with E-state index in [1.807, 2.05) is 24.3 Å². The van der Waals surface area contributed by atoms with Gasteiger partial charge in [0.25, 0.3) is 5.91 Å². The number of halogens is 1. The van der Waals surface area contributed by atoms with Crippen LogP contribution in [0.4, 0.5) is 10.5 Å². The summed E-state index contributed by atoms with van der Waals surface area (Å²) in [6, 6.07) is 14.1. The second kappa shape index (κ2) is 7.63. The Labute approximate surface area is 178 Å². The highest BCUT2D eigenvalue weighted by Gasteiger charge is 2.49. The maximum absolute atomic E-state index is 13.0. The molecule has 0 bridgehead atoms. The van der Waals surface area contributed by atoms with Gasteiger partial charge in [-0.05, 0) is 47.7 Å². The zero-order valence-corrected chi connectivity index (χ0v) is 18.5. The fraction of sp³-hybridized carbons (Fsp3) is 0.318. The van der Waals surface area contributed by atoms with E-state index in [1.165, 1.54) is 0 Å². The van der Waals surface area contributed by atoms with E-state index in [4.69, 9.17) is 0 Å². The molecular formula is C22H24BrN3O3. The summed E-state index contributed by atoms with van der Waals surface area (Å²) in [5.74, 6) is -0.889. The van der Waals surface area contributed by atoms with Crippen LogP contribution in [-0.2, 0) is 20.5 Å². The highest BCUT2D eigenvalue weighted by molar-refractivity contribution is 9.10. The number of hydrogen-bond donors (Lipinski definition) is 2. The third-order valence-electron chi connectivity index (χ3n) is 5.03. The molecule has 1 aliphatic heterocycles. The van der Waals surface area contributed by atoms with Gasteiger partial charge in [0, 0.05) is 10.2 Å². The monoisotopic (exact) mass is 457 g/mol. The Morgan fingerprint density at radius 2 is 1.66 bits per heavy atom. The summed E-state index contributed by atoms with van der Waals surface area (Å²) in [4.78, 5) is 38.7. The fourth-order valence-electron chi connectivity index (χ4n) is 3.22. The van der Waals surface area contributed by atoms with Crippen LogP contribution in [-0.4, -0.2) is 29.3 Å². The molecule has 0 aliphatic carbocycles. The Balaban J connectivity index is 1.74. The van der Waals surface area contributed by atoms with Gasteiger partial charge in [0.2, 0.25) is 5.91 Å². The first-order chi connectivity index (χ1) is 13.5. The van der Waals surface area contributed by atoms with Crippen molar-refractivity contribution in [3.63, 3.8) is 0 Å². The van der Waals surface area contributed by atoms with Crippen molar-refractivity contribution in [2.24, 2.45) is 0 Å². The highest BCUT2D eigenvalue weighted by Crippen LogP contribution is 2.31. The van der Waals surface area contributed by atoms with Crippen molar-refractivity contribution in [3.05, 3.63) is 64.1 Å². The number of carbonyl (C=O) groups is 3. The predicted octanol–water partition coefficient (Wildman–Crippen LogP) is 4.15. The van der Waals surface area contributed by atoms with Gasteiger partial charge in [-0.15, -0.1) is 0 Å². The molecule has 1 saturated heterocycles. The molecule has 6 nitrogen and oxygen atoms in total. The molecule has 1 heterocycles. The Hall–Kier alpha value is -2.67. The molecule has 1 unspecified atom stereocenters. The van der Waals surface area contributed by atoms with E-state index in [0.717, 1.165) is 14.9 Å². The minimum atomic E-state index is -1.20. The molecule has 0 saturated carbocycles. The summed E-state index contributed by atoms with van der Waals surface area (Å²) < 4.78 is 0.887. The number of benzene rings is 2. The largest absolute Gasteiger partial charge is 0.325 e. The lowest BCUT2D eigenvalue weighted by Crippen LogP contribution is -2.42. The van der Waals surface area contributed by atoms with Crippen molar-refractivity contribution >= 4 is 39.5 Å². The molecule has 1 atom stereocenters. The summed E-state index contributed by atoms with van der Waals surface area (Å²) in [5, 5.41) is 5.43. The number of imide groups is 1. The Morgan fingerprint density at radius 1 is 1.07 bits per heavy atom. The van der Waals surface area contributed by atoms with Gasteiger partial charge >= 0.3 is 6.03 Å². The Morgan fingerprint density at radius 3 is 2.21 bits per heavy atom. The van der Waals surface area contributed by atoms with E-state index in [9.17, 15) is 14.4 Å². The second-order valence-corrected chi connectivity index (χ2v) is 9.24. The van der Waals surface area contributed by atoms with Crippen molar-refractivity contribution in [1.29, 1.82) is 0 Å². The van der Waals surface area contributed by atoms with Crippen LogP contribution < -0.4 is 10.6 Å². The van der Waals surface area contributed by atoms with Crippen LogP contribution in [0.15, 0.2) is 53.0 Å². The Kier molecular flexibility index (Phi) is 5.54. The molecular weight excluding hydrogens is 434 g/mol. The van der Waals surface area contributed by atoms with E-state index in [1.54, 1.807) is 31.2 Å². The molecule has 2 N–H and O–H groups in total. The molecule has 1 aliphatic rings. The normalized spacial score (nSPS) is 19.3. The van der Waals surface area contributed by atoms with Gasteiger partial charge in [-0.1, -0.05) is 61.0 Å². The van der Waals surface area contributed by atoms with Crippen LogP contribution in [0, 0.1) is 0 Å². The van der Waals surface area contributed by atoms with Crippen molar-refractivity contribution in [2.45, 2.75) is 38.6 Å². The summed E-state index contributed by atoms with van der Waals surface area (Å²) >= 11 is 3.33. The topological polar surface area (TPSA) is 78.5 Å². The number of urea groups is 1. The van der Waals surface area contributed by atoms with E-state index in [2.05, 4.69) is 47.3 Å². The van der Waals surface area contributed by atoms with Gasteiger partial charge in [0.1, 0.15) is 12.1 Å². The van der Waals surface area contributed by atoms with Crippen LogP contribution in [0.1, 0.15) is 38.8 Å². The highest BCUT2D eigenvalue weighted by atomic mass is 79.9. The quantitative estimate of drug-likeness (QED) is 0.676. The fourth-order valence-corrected chi connectivity index (χ4v) is 3.48. The second-order valence-electron chi connectivity index (χ2n) is 8.33. The van der Waals surface area contributed by atoms with Crippen LogP contribution in [0.3, 0.4) is 0 Å². The molecule has 0 radical (unpaired) electrons. The molecule has 0 aromatic heterocycles. The third-order valence-corrected chi connectivity index (χ3v) is 5.56. The van der Waals surface area contributed by atoms with Gasteiger partial charge < -0.3 is 10.6 Å². The summed E-state index contributed by atoms with van der Waals surface area (Å²) in [6.07, 6.45) is 0. The van der Waals surface area contributed by atoms with Crippen molar-refractivity contribution < 1.29 is 14.4 Å². The molecule has 0 spiro atoms. The first-order valence-corrected chi connectivity index (χ1v) is 10.1. The zero-order valence-electron chi connectivity index (χ0n) is 16.9. The lowest BCUT2D eigenvalue weighted by atomic mass is 9.84. The van der Waals surface area contributed by atoms with Crippen LogP contribution in [0.5, 0.6) is 0 Å². The number of hydrogen-bond acceptors (Lipinski definition) is 3. The average Bonchev–Trinajstić information content (AvgIpc) is 2.87. The minimum Gasteiger partial charge on any atom is -0.325 e. The average molecular weight is 458 g/mol. The predicted molar refractivity (Wildman–Crippen MR) is 116 cm³/mol. The Bertz CT molecular complexity index is 949. The number of anilines is 1. The van der Waals surface area contributed by atoms with Gasteiger partial charge in [0.05, 0.1) is 0 Å². The van der Waals surface area contributed by atoms with Crippen LogP contribution in [0.25, 0.3) is 0 Å². The maximum atomic E-state index is 13.0. The third kappa shape index (κ3) is 4.34. The molecule has 1 fully saturated rings. The molecule has 29 heavy (non-hydrogen) atoms. The number of nitrogens with one attached hydrogen (secondary N) is 2. The molecule has 4 amide bonds.